The standard InChI is InChI=1S/C15H22ClN3O2.ClH/c1-17-7-4-12-5-8-18(9-6-12)11-13-10-14(16)2-3-15(13)19(20)21;/h2-3,10,12,17H,4-9,11H2,1H3;1H. The maximum absolute atomic E-state index is 11.1. The van der Waals surface area contributed by atoms with Crippen LogP contribution in [0.2, 0.25) is 5.02 Å². The van der Waals surface area contributed by atoms with Crippen LogP contribution >= 0.6 is 24.0 Å². The van der Waals surface area contributed by atoms with Crippen molar-refractivity contribution in [1.82, 2.24) is 10.2 Å². The van der Waals surface area contributed by atoms with Gasteiger partial charge < -0.3 is 5.32 Å². The van der Waals surface area contributed by atoms with E-state index in [4.69, 9.17) is 11.6 Å². The molecule has 1 aliphatic rings. The molecule has 1 fully saturated rings. The van der Waals surface area contributed by atoms with Gasteiger partial charge in [0.15, 0.2) is 0 Å². The summed E-state index contributed by atoms with van der Waals surface area (Å²) in [5.74, 6) is 0.767. The molecule has 0 saturated carbocycles. The molecule has 22 heavy (non-hydrogen) atoms. The predicted molar refractivity (Wildman–Crippen MR) is 91.9 cm³/mol. The molecule has 1 N–H and O–H groups in total. The van der Waals surface area contributed by atoms with E-state index in [1.807, 2.05) is 7.05 Å². The second kappa shape index (κ2) is 9.30. The fourth-order valence-electron chi connectivity index (χ4n) is 2.88. The van der Waals surface area contributed by atoms with Gasteiger partial charge in [-0.25, -0.2) is 0 Å². The Morgan fingerprint density at radius 3 is 2.68 bits per heavy atom. The monoisotopic (exact) mass is 347 g/mol. The van der Waals surface area contributed by atoms with Crippen LogP contribution < -0.4 is 5.32 Å². The first-order valence-corrected chi connectivity index (χ1v) is 7.77. The smallest absolute Gasteiger partial charge is 0.273 e. The zero-order valence-corrected chi connectivity index (χ0v) is 14.3. The Hall–Kier alpha value is -0.880. The van der Waals surface area contributed by atoms with Crippen molar-refractivity contribution in [2.24, 2.45) is 5.92 Å². The topological polar surface area (TPSA) is 58.4 Å². The minimum atomic E-state index is -0.328. The molecule has 5 nitrogen and oxygen atoms in total. The fourth-order valence-corrected chi connectivity index (χ4v) is 3.08. The number of benzene rings is 1. The third-order valence-corrected chi connectivity index (χ3v) is 4.38. The molecule has 1 saturated heterocycles. The number of nitro groups is 1. The number of hydrogen-bond acceptors (Lipinski definition) is 4. The van der Waals surface area contributed by atoms with Crippen molar-refractivity contribution in [2.45, 2.75) is 25.8 Å². The highest BCUT2D eigenvalue weighted by Crippen LogP contribution is 2.27. The quantitative estimate of drug-likeness (QED) is 0.632. The van der Waals surface area contributed by atoms with Crippen LogP contribution in [-0.4, -0.2) is 36.5 Å². The lowest BCUT2D eigenvalue weighted by atomic mass is 9.93. The molecule has 0 atom stereocenters. The molecule has 1 aromatic rings. The molecule has 1 heterocycles. The molecule has 1 aliphatic heterocycles. The lowest BCUT2D eigenvalue weighted by molar-refractivity contribution is -0.385. The van der Waals surface area contributed by atoms with E-state index in [1.165, 1.54) is 12.5 Å². The maximum Gasteiger partial charge on any atom is 0.273 e. The van der Waals surface area contributed by atoms with Crippen molar-refractivity contribution in [3.05, 3.63) is 38.9 Å². The maximum atomic E-state index is 11.1. The minimum absolute atomic E-state index is 0. The van der Waals surface area contributed by atoms with Gasteiger partial charge in [-0.1, -0.05) is 11.6 Å². The van der Waals surface area contributed by atoms with E-state index >= 15 is 0 Å². The first-order valence-electron chi connectivity index (χ1n) is 7.40. The molecule has 0 aromatic heterocycles. The summed E-state index contributed by atoms with van der Waals surface area (Å²) in [6, 6.07) is 4.79. The Bertz CT molecular complexity index is 492. The van der Waals surface area contributed by atoms with Crippen LogP contribution in [0.25, 0.3) is 0 Å². The number of nitrogens with zero attached hydrogens (tertiary/aromatic N) is 2. The van der Waals surface area contributed by atoms with Gasteiger partial charge in [0.2, 0.25) is 0 Å². The largest absolute Gasteiger partial charge is 0.320 e. The molecular formula is C15H23Cl2N3O2. The van der Waals surface area contributed by atoms with Gasteiger partial charge in [-0.3, -0.25) is 15.0 Å². The third-order valence-electron chi connectivity index (χ3n) is 4.14. The van der Waals surface area contributed by atoms with Gasteiger partial charge in [-0.2, -0.15) is 0 Å². The summed E-state index contributed by atoms with van der Waals surface area (Å²) in [6.07, 6.45) is 3.54. The van der Waals surface area contributed by atoms with Gasteiger partial charge in [0.1, 0.15) is 0 Å². The lowest BCUT2D eigenvalue weighted by Gasteiger charge is -2.31. The average molecular weight is 348 g/mol. The van der Waals surface area contributed by atoms with Gasteiger partial charge >= 0.3 is 0 Å². The van der Waals surface area contributed by atoms with E-state index in [1.54, 1.807) is 12.1 Å². The number of likely N-dealkylation sites (tertiary alicyclic amines) is 1. The van der Waals surface area contributed by atoms with Crippen molar-refractivity contribution in [1.29, 1.82) is 0 Å². The highest BCUT2D eigenvalue weighted by Gasteiger charge is 2.22. The number of rotatable bonds is 6. The number of nitro benzene ring substituents is 1. The summed E-state index contributed by atoms with van der Waals surface area (Å²) < 4.78 is 0. The van der Waals surface area contributed by atoms with Crippen molar-refractivity contribution in [3.63, 3.8) is 0 Å². The molecule has 0 amide bonds. The van der Waals surface area contributed by atoms with Crippen molar-refractivity contribution >= 4 is 29.7 Å². The molecule has 0 aliphatic carbocycles. The van der Waals surface area contributed by atoms with Crippen LogP contribution in [-0.2, 0) is 6.54 Å². The first kappa shape index (κ1) is 19.2. The minimum Gasteiger partial charge on any atom is -0.320 e. The Morgan fingerprint density at radius 1 is 1.41 bits per heavy atom. The number of halogens is 2. The van der Waals surface area contributed by atoms with E-state index in [9.17, 15) is 10.1 Å². The zero-order chi connectivity index (χ0) is 15.2. The normalized spacial score (nSPS) is 16.3. The molecule has 0 unspecified atom stereocenters. The van der Waals surface area contributed by atoms with Gasteiger partial charge in [-0.05, 0) is 64.0 Å². The van der Waals surface area contributed by atoms with Gasteiger partial charge in [0.05, 0.1) is 4.92 Å². The predicted octanol–water partition coefficient (Wildman–Crippen LogP) is 3.49. The molecule has 0 bridgehead atoms. The molecule has 0 spiro atoms. The van der Waals surface area contributed by atoms with Crippen LogP contribution in [0.15, 0.2) is 18.2 Å². The van der Waals surface area contributed by atoms with E-state index in [0.29, 0.717) is 17.1 Å². The highest BCUT2D eigenvalue weighted by molar-refractivity contribution is 6.30. The molecule has 1 aromatic carbocycles. The Balaban J connectivity index is 0.00000242. The number of piperidine rings is 1. The van der Waals surface area contributed by atoms with Crippen LogP contribution in [0, 0.1) is 16.0 Å². The lowest BCUT2D eigenvalue weighted by Crippen LogP contribution is -2.34. The molecule has 0 radical (unpaired) electrons. The fraction of sp³-hybridized carbons (Fsp3) is 0.600. The SMILES string of the molecule is CNCCC1CCN(Cc2cc(Cl)ccc2[N+](=O)[O-])CC1.Cl. The Kier molecular flexibility index (Phi) is 8.10. The summed E-state index contributed by atoms with van der Waals surface area (Å²) in [5.41, 5.74) is 0.873. The first-order chi connectivity index (χ1) is 10.1. The van der Waals surface area contributed by atoms with E-state index < -0.39 is 0 Å². The summed E-state index contributed by atoms with van der Waals surface area (Å²) in [5, 5.41) is 14.8. The van der Waals surface area contributed by atoms with Crippen molar-refractivity contribution < 1.29 is 4.92 Å². The van der Waals surface area contributed by atoms with E-state index in [2.05, 4.69) is 10.2 Å². The summed E-state index contributed by atoms with van der Waals surface area (Å²) in [7, 11) is 1.98. The van der Waals surface area contributed by atoms with Crippen LogP contribution in [0.1, 0.15) is 24.8 Å². The third kappa shape index (κ3) is 5.39. The van der Waals surface area contributed by atoms with Gasteiger partial charge in [0, 0.05) is 23.2 Å². The Morgan fingerprint density at radius 2 is 2.09 bits per heavy atom. The Labute approximate surface area is 142 Å². The molecule has 2 rings (SSSR count). The van der Waals surface area contributed by atoms with Crippen LogP contribution in [0.3, 0.4) is 0 Å². The highest BCUT2D eigenvalue weighted by atomic mass is 35.5. The van der Waals surface area contributed by atoms with Crippen molar-refractivity contribution in [3.8, 4) is 0 Å². The summed E-state index contributed by atoms with van der Waals surface area (Å²) in [6.45, 7) is 3.66. The second-order valence-electron chi connectivity index (χ2n) is 5.64. The number of hydrogen-bond donors (Lipinski definition) is 1. The molecule has 124 valence electrons. The van der Waals surface area contributed by atoms with E-state index in [-0.39, 0.29) is 23.0 Å². The zero-order valence-electron chi connectivity index (χ0n) is 12.8. The number of nitrogens with one attached hydrogen (secondary N) is 1. The second-order valence-corrected chi connectivity index (χ2v) is 6.08. The van der Waals surface area contributed by atoms with Crippen molar-refractivity contribution in [2.75, 3.05) is 26.7 Å². The summed E-state index contributed by atoms with van der Waals surface area (Å²) >= 11 is 5.97. The summed E-state index contributed by atoms with van der Waals surface area (Å²) in [4.78, 5) is 13.0. The van der Waals surface area contributed by atoms with Crippen LogP contribution in [0.4, 0.5) is 5.69 Å². The van der Waals surface area contributed by atoms with Crippen LogP contribution in [0.5, 0.6) is 0 Å². The van der Waals surface area contributed by atoms with Gasteiger partial charge in [-0.15, -0.1) is 12.4 Å². The average Bonchev–Trinajstić information content (AvgIpc) is 2.46. The van der Waals surface area contributed by atoms with Gasteiger partial charge in [0.25, 0.3) is 5.69 Å². The molecular weight excluding hydrogens is 325 g/mol. The molecule has 7 heteroatoms. The van der Waals surface area contributed by atoms with E-state index in [0.717, 1.165) is 38.4 Å².